The molecule has 0 saturated carbocycles. The van der Waals surface area contributed by atoms with E-state index in [1.807, 2.05) is 76.0 Å². The Bertz CT molecular complexity index is 5260. The van der Waals surface area contributed by atoms with Crippen molar-refractivity contribution >= 4 is 78.7 Å². The number of benzene rings is 10. The number of aryl methyl sites for hydroxylation is 4. The molecule has 102 heavy (non-hydrogen) atoms. The second-order valence-corrected chi connectivity index (χ2v) is 31.4. The lowest BCUT2D eigenvalue weighted by Gasteiger charge is -2.42. The third-order valence-electron chi connectivity index (χ3n) is 17.9. The first kappa shape index (κ1) is 75.2. The van der Waals surface area contributed by atoms with E-state index in [-0.39, 0.29) is 35.4 Å². The molecule has 10 aromatic carbocycles. The molecular weight excluding hydrogens is 1370 g/mol. The zero-order valence-electron chi connectivity index (χ0n) is 56.4. The quantitative estimate of drug-likeness (QED) is 0.0173. The molecule has 0 unspecified atom stereocenters. The third kappa shape index (κ3) is 13.9. The van der Waals surface area contributed by atoms with Gasteiger partial charge >= 0.3 is 53.6 Å². The summed E-state index contributed by atoms with van der Waals surface area (Å²) in [6.45, 7) is 15.6. The molecule has 0 aromatic heterocycles. The highest BCUT2D eigenvalue weighted by molar-refractivity contribution is 6.84. The van der Waals surface area contributed by atoms with E-state index in [9.17, 15) is 44.3 Å². The van der Waals surface area contributed by atoms with Gasteiger partial charge in [0.1, 0.15) is 13.8 Å². The van der Waals surface area contributed by atoms with Crippen molar-refractivity contribution in [2.75, 3.05) is 0 Å². The summed E-state index contributed by atoms with van der Waals surface area (Å²) < 4.78 is 259. The number of carbonyl (C=O) groups excluding carboxylic acids is 1. The van der Waals surface area contributed by atoms with Crippen LogP contribution in [0.15, 0.2) is 140 Å². The van der Waals surface area contributed by atoms with Crippen molar-refractivity contribution in [3.8, 4) is 52.7 Å². The highest BCUT2D eigenvalue weighted by Crippen LogP contribution is 2.65. The Morgan fingerprint density at radius 2 is 0.725 bits per heavy atom. The Morgan fingerprint density at radius 1 is 0.373 bits per heavy atom. The molecule has 0 aliphatic heterocycles. The highest BCUT2D eigenvalue weighted by Gasteiger charge is 2.95. The van der Waals surface area contributed by atoms with Crippen molar-refractivity contribution in [2.24, 2.45) is 0 Å². The lowest BCUT2D eigenvalue weighted by Crippen LogP contribution is -2.74. The molecule has 0 spiro atoms. The molecule has 10 aromatic rings. The van der Waals surface area contributed by atoms with Crippen LogP contribution in [0.2, 0.25) is 19.6 Å². The van der Waals surface area contributed by atoms with Gasteiger partial charge in [-0.2, -0.15) is 74.6 Å². The number of esters is 1. The van der Waals surface area contributed by atoms with E-state index in [2.05, 4.69) is 53.9 Å². The summed E-state index contributed by atoms with van der Waals surface area (Å²) in [6, 6.07) is 35.7. The van der Waals surface area contributed by atoms with Crippen molar-refractivity contribution in [1.82, 2.24) is 0 Å². The summed E-state index contributed by atoms with van der Waals surface area (Å²) in [7, 11) is -2.01. The second kappa shape index (κ2) is 28.0. The average molecular weight is 1430 g/mol. The van der Waals surface area contributed by atoms with E-state index in [0.29, 0.717) is 77.3 Å². The van der Waals surface area contributed by atoms with Crippen LogP contribution in [0.4, 0.5) is 74.6 Å². The molecule has 0 heterocycles. The molecule has 0 fully saturated rings. The largest absolute Gasteiger partial charge is 0.460 e. The Labute approximate surface area is 579 Å². The number of unbranched alkanes of at least 4 members (excludes halogenated alkanes) is 7. The van der Waals surface area contributed by atoms with E-state index < -0.39 is 78.4 Å². The maximum atomic E-state index is 16.8. The maximum absolute atomic E-state index is 16.8. The van der Waals surface area contributed by atoms with Gasteiger partial charge in [0, 0.05) is 50.9 Å². The smallest absolute Gasteiger partial charge is 0.426 e. The predicted octanol–water partition coefficient (Wildman–Crippen LogP) is 24.2. The molecule has 0 radical (unpaired) electrons. The molecule has 0 N–H and O–H groups in total. The lowest BCUT2D eigenvalue weighted by molar-refractivity contribution is -0.462. The van der Waals surface area contributed by atoms with Crippen LogP contribution in [0.25, 0.3) is 64.6 Å². The summed E-state index contributed by atoms with van der Waals surface area (Å²) >= 11 is 0. The number of hydrogen-bond acceptors (Lipinski definition) is 2. The number of halogens is 17. The maximum Gasteiger partial charge on any atom is 0.460 e. The number of rotatable bonds is 17. The summed E-state index contributed by atoms with van der Waals surface area (Å²) in [4.78, 5) is 12.9. The number of fused-ring (bicyclic) bond motifs is 10. The van der Waals surface area contributed by atoms with Crippen LogP contribution in [0, 0.1) is 74.7 Å². The Morgan fingerprint density at radius 3 is 1.12 bits per heavy atom. The molecule has 0 saturated heterocycles. The van der Waals surface area contributed by atoms with E-state index in [4.69, 9.17) is 4.74 Å². The van der Waals surface area contributed by atoms with Crippen LogP contribution >= 0.6 is 0 Å². The summed E-state index contributed by atoms with van der Waals surface area (Å²) in [5.41, 5.74) is 4.16. The van der Waals surface area contributed by atoms with Gasteiger partial charge < -0.3 is 4.74 Å². The highest BCUT2D eigenvalue weighted by atomic mass is 28.3. The standard InChI is InChI=1S/C82H65F17O2Si/c1-9-10-11-12-13-14-15-16-32-68(100)101-63-27-21-26-53(44-63)33-36-56-45-60-46-57(65-29-18-23-50(3)70(65)73(60)69-49(2)22-17-28-64(56)69)37-34-54-41-55(43-62(42-54)75(83,84)76(85,86)77(87,88)78(89,90)79(91,92)80(93,94)81(95,96)82(97,98)99)35-38-58-47-61-48-59(39-40-102(6,7)8)67-31-20-25-52(5)72(67)74(61)71-51(4)24-19-30-66(58)71/h17-31,41-48H,9-16,32H2,1-8H3. The summed E-state index contributed by atoms with van der Waals surface area (Å²) in [6.07, 6.45) is 0.652. The Balaban J connectivity index is 1.14. The first-order valence-corrected chi connectivity index (χ1v) is 36.2. The molecule has 0 aliphatic rings. The molecular formula is C82H65F17O2Si. The van der Waals surface area contributed by atoms with Gasteiger partial charge in [0.05, 0.1) is 0 Å². The molecule has 0 atom stereocenters. The van der Waals surface area contributed by atoms with Crippen LogP contribution in [0.1, 0.15) is 131 Å². The van der Waals surface area contributed by atoms with Crippen LogP contribution < -0.4 is 4.74 Å². The van der Waals surface area contributed by atoms with Crippen molar-refractivity contribution in [1.29, 1.82) is 0 Å². The van der Waals surface area contributed by atoms with E-state index in [0.717, 1.165) is 70.8 Å². The van der Waals surface area contributed by atoms with Crippen molar-refractivity contribution in [3.63, 3.8) is 0 Å². The molecule has 0 aliphatic carbocycles. The number of carbonyl (C=O) groups is 1. The number of alkyl halides is 17. The molecule has 2 nitrogen and oxygen atoms in total. The fraction of sp³-hybridized carbons (Fsp3) is 0.305. The third-order valence-corrected chi connectivity index (χ3v) is 18.8. The minimum absolute atomic E-state index is 0.0351. The second-order valence-electron chi connectivity index (χ2n) is 26.7. The van der Waals surface area contributed by atoms with Gasteiger partial charge in [-0.05, 0) is 182 Å². The van der Waals surface area contributed by atoms with Crippen molar-refractivity contribution in [2.45, 2.75) is 160 Å². The van der Waals surface area contributed by atoms with Crippen molar-refractivity contribution in [3.05, 3.63) is 206 Å². The first-order valence-electron chi connectivity index (χ1n) is 32.7. The first-order chi connectivity index (χ1) is 47.7. The SMILES string of the molecule is CCCCCCCCCCC(=O)Oc1cccc(C#Cc2cc3cc(C#Cc4cc(C#Cc5cc6cc(C#C[Si](C)(C)C)c7cccc(C)c7c6c6c(C)cccc56)cc(C(F)(F)C(F)(F)C(F)(F)C(F)(F)C(F)(F)C(F)(F)C(F)(F)C(F)(F)F)c4)c4cccc(C)c4c3c3c(C)cccc23)c1. The van der Waals surface area contributed by atoms with Gasteiger partial charge in [0.2, 0.25) is 0 Å². The monoisotopic (exact) mass is 1430 g/mol. The van der Waals surface area contributed by atoms with Crippen LogP contribution in [0.5, 0.6) is 5.75 Å². The van der Waals surface area contributed by atoms with Gasteiger partial charge in [-0.15, -0.1) is 5.54 Å². The lowest BCUT2D eigenvalue weighted by atomic mass is 9.86. The van der Waals surface area contributed by atoms with Gasteiger partial charge in [-0.25, -0.2) is 0 Å². The van der Waals surface area contributed by atoms with E-state index in [1.54, 1.807) is 92.7 Å². The zero-order chi connectivity index (χ0) is 74.5. The normalized spacial score (nSPS) is 12.8. The molecule has 0 bridgehead atoms. The summed E-state index contributed by atoms with van der Waals surface area (Å²) in [5.74, 6) is -37.9. The Kier molecular flexibility index (Phi) is 20.7. The minimum Gasteiger partial charge on any atom is -0.426 e. The zero-order valence-corrected chi connectivity index (χ0v) is 57.4. The van der Waals surface area contributed by atoms with E-state index >= 15 is 35.1 Å². The number of ether oxygens (including phenoxy) is 1. The van der Waals surface area contributed by atoms with Gasteiger partial charge in [0.15, 0.2) is 0 Å². The molecule has 528 valence electrons. The average Bonchev–Trinajstić information content (AvgIpc) is 0.699. The fourth-order valence-electron chi connectivity index (χ4n) is 12.6. The van der Waals surface area contributed by atoms with Crippen LogP contribution in [-0.2, 0) is 10.7 Å². The molecule has 0 amide bonds. The summed E-state index contributed by atoms with van der Waals surface area (Å²) in [5, 5.41) is 7.66. The predicted molar refractivity (Wildman–Crippen MR) is 370 cm³/mol. The minimum atomic E-state index is -8.82. The Hall–Kier alpha value is -9.50. The van der Waals surface area contributed by atoms with E-state index in [1.165, 1.54) is 12.8 Å². The van der Waals surface area contributed by atoms with Crippen molar-refractivity contribution < 1.29 is 84.2 Å². The fourth-order valence-corrected chi connectivity index (χ4v) is 13.1. The van der Waals surface area contributed by atoms with Gasteiger partial charge in [-0.1, -0.05) is 192 Å². The van der Waals surface area contributed by atoms with Crippen LogP contribution in [0.3, 0.4) is 0 Å². The van der Waals surface area contributed by atoms with Gasteiger partial charge in [-0.3, -0.25) is 4.79 Å². The van der Waals surface area contributed by atoms with Gasteiger partial charge in [0.25, 0.3) is 0 Å². The van der Waals surface area contributed by atoms with Crippen LogP contribution in [-0.4, -0.2) is 55.8 Å². The molecule has 20 heteroatoms. The molecule has 10 rings (SSSR count). The topological polar surface area (TPSA) is 26.3 Å². The number of hydrogen-bond donors (Lipinski definition) is 0.